The molecule has 1 heterocycles. The zero-order valence-electron chi connectivity index (χ0n) is 21.3. The van der Waals surface area contributed by atoms with Crippen LogP contribution < -0.4 is 4.98 Å². The number of benzene rings is 4. The lowest BCUT2D eigenvalue weighted by atomic mass is 9.82. The minimum absolute atomic E-state index is 0.117. The molecule has 0 spiro atoms. The van der Waals surface area contributed by atoms with Crippen LogP contribution in [-0.4, -0.2) is 4.98 Å². The molecule has 1 aromatic heterocycles. The van der Waals surface area contributed by atoms with Gasteiger partial charge in [-0.2, -0.15) is 0 Å². The normalized spacial score (nSPS) is 13.4. The molecule has 0 saturated carbocycles. The highest BCUT2D eigenvalue weighted by Crippen LogP contribution is 2.49. The van der Waals surface area contributed by atoms with Gasteiger partial charge in [-0.05, 0) is 96.3 Å². The van der Waals surface area contributed by atoms with Crippen molar-refractivity contribution in [2.75, 3.05) is 0 Å². The highest BCUT2D eigenvalue weighted by Gasteiger charge is 2.36. The van der Waals surface area contributed by atoms with Crippen molar-refractivity contribution in [2.24, 2.45) is 0 Å². The Labute approximate surface area is 215 Å². The Morgan fingerprint density at radius 1 is 0.649 bits per heavy atom. The Hall–Kier alpha value is -4.18. The maximum Gasteiger partial charge on any atom is 0.237 e. The van der Waals surface area contributed by atoms with E-state index in [0.29, 0.717) is 5.69 Å². The summed E-state index contributed by atoms with van der Waals surface area (Å²) in [4.78, 5) is 8.67. The number of H-pyrrole nitrogens is 1. The van der Waals surface area contributed by atoms with Crippen LogP contribution >= 0.6 is 0 Å². The molecule has 0 fully saturated rings. The number of aromatic amines is 1. The first-order chi connectivity index (χ1) is 17.7. The van der Waals surface area contributed by atoms with E-state index in [1.165, 1.54) is 46.5 Å². The van der Waals surface area contributed by atoms with Gasteiger partial charge < -0.3 is 0 Å². The average molecular weight is 490 g/mol. The number of nitrogens with zero attached hydrogens (tertiary/aromatic N) is 1. The van der Waals surface area contributed by atoms with Gasteiger partial charge in [0.15, 0.2) is 0 Å². The molecule has 37 heavy (non-hydrogen) atoms. The largest absolute Gasteiger partial charge is 0.239 e. The first-order valence-electron chi connectivity index (χ1n) is 12.4. The van der Waals surface area contributed by atoms with Gasteiger partial charge in [0.2, 0.25) is 11.4 Å². The van der Waals surface area contributed by atoms with Gasteiger partial charge in [0.25, 0.3) is 0 Å². The Balaban J connectivity index is 1.56. The van der Waals surface area contributed by atoms with Crippen LogP contribution in [-0.2, 0) is 5.41 Å². The second-order valence-electron chi connectivity index (χ2n) is 10.3. The van der Waals surface area contributed by atoms with Crippen LogP contribution in [0.15, 0.2) is 84.9 Å². The Morgan fingerprint density at radius 2 is 1.30 bits per heavy atom. The number of nitrogens with one attached hydrogen (secondary N) is 1. The van der Waals surface area contributed by atoms with E-state index < -0.39 is 0 Å². The van der Waals surface area contributed by atoms with E-state index in [2.05, 4.69) is 61.3 Å². The summed E-state index contributed by atoms with van der Waals surface area (Å²) in [6.45, 7) is 8.38. The molecule has 0 radical (unpaired) electrons. The van der Waals surface area contributed by atoms with E-state index in [1.807, 2.05) is 13.8 Å². The number of rotatable bonds is 3. The van der Waals surface area contributed by atoms with Crippen LogP contribution in [0.25, 0.3) is 44.9 Å². The summed E-state index contributed by atoms with van der Waals surface area (Å²) in [5.41, 5.74) is 11.7. The third-order valence-electron chi connectivity index (χ3n) is 7.58. The minimum atomic E-state index is -0.302. The van der Waals surface area contributed by atoms with Crippen molar-refractivity contribution < 1.29 is 13.8 Å². The fourth-order valence-electron chi connectivity index (χ4n) is 5.61. The summed E-state index contributed by atoms with van der Waals surface area (Å²) in [6.07, 6.45) is 0. The van der Waals surface area contributed by atoms with Crippen LogP contribution in [0.4, 0.5) is 8.78 Å². The van der Waals surface area contributed by atoms with Crippen LogP contribution in [0.2, 0.25) is 0 Å². The molecular formula is C33H27F2N2+. The highest BCUT2D eigenvalue weighted by atomic mass is 19.1. The van der Waals surface area contributed by atoms with Crippen LogP contribution in [0.1, 0.15) is 36.2 Å². The van der Waals surface area contributed by atoms with E-state index in [1.54, 1.807) is 18.2 Å². The molecule has 1 aliphatic rings. The smallest absolute Gasteiger partial charge is 0.237 e. The van der Waals surface area contributed by atoms with Crippen LogP contribution in [0.5, 0.6) is 0 Å². The summed E-state index contributed by atoms with van der Waals surface area (Å²) >= 11 is 0. The average Bonchev–Trinajstić information content (AvgIpc) is 3.11. The van der Waals surface area contributed by atoms with Crippen molar-refractivity contribution in [1.29, 1.82) is 0 Å². The van der Waals surface area contributed by atoms with Gasteiger partial charge in [-0.15, -0.1) is 0 Å². The zero-order valence-corrected chi connectivity index (χ0v) is 21.3. The van der Waals surface area contributed by atoms with Crippen molar-refractivity contribution >= 4 is 0 Å². The lowest BCUT2D eigenvalue weighted by Crippen LogP contribution is -2.18. The molecule has 0 bridgehead atoms. The minimum Gasteiger partial charge on any atom is -0.239 e. The highest BCUT2D eigenvalue weighted by molar-refractivity contribution is 5.84. The molecule has 0 atom stereocenters. The SMILES string of the molecule is Cc1cc(F)ccc1-c1nc(C)c(-c2ccc3c(c2)C(C)(C)c2ccccc2-3)[nH+]c1-c1ccc(F)cc1. The molecule has 0 unspecified atom stereocenters. The lowest BCUT2D eigenvalue weighted by molar-refractivity contribution is -0.351. The van der Waals surface area contributed by atoms with E-state index in [9.17, 15) is 8.78 Å². The number of halogens is 2. The third kappa shape index (κ3) is 3.75. The van der Waals surface area contributed by atoms with E-state index in [4.69, 9.17) is 4.98 Å². The van der Waals surface area contributed by atoms with Gasteiger partial charge >= 0.3 is 0 Å². The topological polar surface area (TPSA) is 27.0 Å². The fraction of sp³-hybridized carbons (Fsp3) is 0.152. The maximum atomic E-state index is 13.9. The van der Waals surface area contributed by atoms with Gasteiger partial charge in [-0.25, -0.2) is 18.7 Å². The predicted molar refractivity (Wildman–Crippen MR) is 144 cm³/mol. The van der Waals surface area contributed by atoms with E-state index in [-0.39, 0.29) is 17.0 Å². The molecule has 4 aromatic carbocycles. The van der Waals surface area contributed by atoms with Gasteiger partial charge in [-0.1, -0.05) is 44.2 Å². The van der Waals surface area contributed by atoms with Gasteiger partial charge in [-0.3, -0.25) is 0 Å². The first kappa shape index (κ1) is 23.2. The molecule has 1 aliphatic carbocycles. The van der Waals surface area contributed by atoms with Crippen molar-refractivity contribution in [3.63, 3.8) is 0 Å². The first-order valence-corrected chi connectivity index (χ1v) is 12.4. The second kappa shape index (κ2) is 8.45. The molecule has 6 rings (SSSR count). The maximum absolute atomic E-state index is 13.9. The number of hydrogen-bond donors (Lipinski definition) is 0. The van der Waals surface area contributed by atoms with Crippen molar-refractivity contribution in [3.05, 3.63) is 119 Å². The summed E-state index contributed by atoms with van der Waals surface area (Å²) in [6, 6.07) is 26.2. The lowest BCUT2D eigenvalue weighted by Gasteiger charge is -2.21. The van der Waals surface area contributed by atoms with Gasteiger partial charge in [0, 0.05) is 22.1 Å². The van der Waals surface area contributed by atoms with E-state index in [0.717, 1.165) is 39.3 Å². The number of aryl methyl sites for hydroxylation is 2. The molecular weight excluding hydrogens is 462 g/mol. The standard InChI is InChI=1S/C33H26F2N2/c1-19-17-24(35)14-16-25(19)32-31(21-9-12-23(34)13-10-21)37-30(20(2)36-32)22-11-15-27-26-7-5-6-8-28(26)33(3,4)29(27)18-22/h5-18H,1-4H3/p+1. The third-order valence-corrected chi connectivity index (χ3v) is 7.58. The van der Waals surface area contributed by atoms with E-state index >= 15 is 0 Å². The molecule has 0 amide bonds. The van der Waals surface area contributed by atoms with Crippen LogP contribution in [0, 0.1) is 25.5 Å². The van der Waals surface area contributed by atoms with Gasteiger partial charge in [0.1, 0.15) is 23.0 Å². The number of hydrogen-bond acceptors (Lipinski definition) is 1. The Bertz CT molecular complexity index is 1680. The molecule has 182 valence electrons. The Kier molecular flexibility index (Phi) is 5.30. The summed E-state index contributed by atoms with van der Waals surface area (Å²) in [7, 11) is 0. The molecule has 0 aliphatic heterocycles. The summed E-state index contributed by atoms with van der Waals surface area (Å²) < 4.78 is 27.7. The molecule has 1 N–H and O–H groups in total. The Morgan fingerprint density at radius 3 is 2.05 bits per heavy atom. The summed E-state index contributed by atoms with van der Waals surface area (Å²) in [5, 5.41) is 0. The van der Waals surface area contributed by atoms with Crippen molar-refractivity contribution in [3.8, 4) is 44.9 Å². The zero-order chi connectivity index (χ0) is 25.9. The number of aromatic nitrogens is 2. The molecule has 4 heteroatoms. The monoisotopic (exact) mass is 489 g/mol. The quantitative estimate of drug-likeness (QED) is 0.252. The van der Waals surface area contributed by atoms with Gasteiger partial charge in [0.05, 0.1) is 0 Å². The van der Waals surface area contributed by atoms with Crippen molar-refractivity contribution in [2.45, 2.75) is 33.1 Å². The molecule has 2 nitrogen and oxygen atoms in total. The predicted octanol–water partition coefficient (Wildman–Crippen LogP) is 8.10. The second-order valence-corrected chi connectivity index (χ2v) is 10.3. The van der Waals surface area contributed by atoms with Crippen molar-refractivity contribution in [1.82, 2.24) is 4.98 Å². The number of fused-ring (bicyclic) bond motifs is 3. The summed E-state index contributed by atoms with van der Waals surface area (Å²) in [5.74, 6) is -0.590. The molecule has 0 saturated heterocycles. The molecule has 5 aromatic rings. The fourth-order valence-corrected chi connectivity index (χ4v) is 5.61. The van der Waals surface area contributed by atoms with Crippen LogP contribution in [0.3, 0.4) is 0 Å².